The van der Waals surface area contributed by atoms with Gasteiger partial charge in [0.1, 0.15) is 22.7 Å². The Bertz CT molecular complexity index is 1090. The summed E-state index contributed by atoms with van der Waals surface area (Å²) in [6, 6.07) is 9.12. The van der Waals surface area contributed by atoms with E-state index in [1.54, 1.807) is 18.5 Å². The summed E-state index contributed by atoms with van der Waals surface area (Å²) in [4.78, 5) is 12.5. The maximum Gasteiger partial charge on any atom is 0.198 e. The highest BCUT2D eigenvalue weighted by molar-refractivity contribution is 7.99. The van der Waals surface area contributed by atoms with Crippen molar-refractivity contribution < 1.29 is 4.39 Å². The monoisotopic (exact) mass is 364 g/mol. The van der Waals surface area contributed by atoms with Crippen LogP contribution in [0.1, 0.15) is 18.9 Å². The van der Waals surface area contributed by atoms with Gasteiger partial charge in [0.05, 0.1) is 0 Å². The lowest BCUT2D eigenvalue weighted by atomic mass is 10.2. The minimum absolute atomic E-state index is 0.317. The predicted molar refractivity (Wildman–Crippen MR) is 95.1 cm³/mol. The smallest absolute Gasteiger partial charge is 0.198 e. The van der Waals surface area contributed by atoms with Crippen LogP contribution in [0, 0.1) is 5.82 Å². The third-order valence-electron chi connectivity index (χ3n) is 4.28. The maximum atomic E-state index is 14.0. The van der Waals surface area contributed by atoms with E-state index in [2.05, 4.69) is 29.7 Å². The van der Waals surface area contributed by atoms with E-state index < -0.39 is 0 Å². The first-order chi connectivity index (χ1) is 12.8. The molecule has 4 aromatic rings. The summed E-state index contributed by atoms with van der Waals surface area (Å²) in [5, 5.41) is 10.9. The first-order valence-corrected chi connectivity index (χ1v) is 9.05. The summed E-state index contributed by atoms with van der Waals surface area (Å²) in [7, 11) is 0. The van der Waals surface area contributed by atoms with Gasteiger partial charge in [-0.3, -0.25) is 9.55 Å². The van der Waals surface area contributed by atoms with Crippen molar-refractivity contribution in [3.05, 3.63) is 54.9 Å². The number of para-hydroxylation sites is 1. The van der Waals surface area contributed by atoms with Gasteiger partial charge in [0.2, 0.25) is 0 Å². The Morgan fingerprint density at radius 1 is 1.04 bits per heavy atom. The molecule has 3 heterocycles. The van der Waals surface area contributed by atoms with E-state index in [0.717, 1.165) is 29.4 Å². The van der Waals surface area contributed by atoms with E-state index in [1.807, 2.05) is 18.2 Å². The Labute approximate surface area is 152 Å². The van der Waals surface area contributed by atoms with Crippen LogP contribution in [-0.4, -0.2) is 29.7 Å². The van der Waals surface area contributed by atoms with E-state index >= 15 is 0 Å². The van der Waals surface area contributed by atoms with Gasteiger partial charge in [0.25, 0.3) is 0 Å². The zero-order chi connectivity index (χ0) is 17.5. The molecule has 0 bridgehead atoms. The zero-order valence-electron chi connectivity index (χ0n) is 13.6. The molecule has 1 fully saturated rings. The summed E-state index contributed by atoms with van der Waals surface area (Å²) in [5.41, 5.74) is 1.29. The van der Waals surface area contributed by atoms with Crippen molar-refractivity contribution in [3.63, 3.8) is 0 Å². The SMILES string of the molecule is Fc1cccc2c(Sc3nnc(-c4ccncc4)n3C3CC3)ncnc12. The number of pyridine rings is 1. The third kappa shape index (κ3) is 2.62. The minimum Gasteiger partial charge on any atom is -0.299 e. The fourth-order valence-corrected chi connectivity index (χ4v) is 3.86. The summed E-state index contributed by atoms with van der Waals surface area (Å²) in [5.74, 6) is 0.467. The van der Waals surface area contributed by atoms with Crippen LogP contribution >= 0.6 is 11.8 Å². The standard InChI is InChI=1S/C18H13FN6S/c19-14-3-1-2-13-15(14)21-10-22-17(13)26-18-24-23-16(25(18)12-4-5-12)11-6-8-20-9-7-11/h1-3,6-10,12H,4-5H2. The molecule has 1 aromatic carbocycles. The molecule has 1 aliphatic rings. The Morgan fingerprint density at radius 3 is 2.69 bits per heavy atom. The van der Waals surface area contributed by atoms with E-state index in [4.69, 9.17) is 0 Å². The van der Waals surface area contributed by atoms with E-state index in [9.17, 15) is 4.39 Å². The number of fused-ring (bicyclic) bond motifs is 1. The van der Waals surface area contributed by atoms with Gasteiger partial charge < -0.3 is 0 Å². The quantitative estimate of drug-likeness (QED) is 0.512. The van der Waals surface area contributed by atoms with Gasteiger partial charge in [0.15, 0.2) is 11.0 Å². The molecule has 0 radical (unpaired) electrons. The van der Waals surface area contributed by atoms with Crippen LogP contribution < -0.4 is 0 Å². The highest BCUT2D eigenvalue weighted by Gasteiger charge is 2.30. The van der Waals surface area contributed by atoms with Gasteiger partial charge in [-0.05, 0) is 48.9 Å². The largest absolute Gasteiger partial charge is 0.299 e. The second-order valence-corrected chi connectivity index (χ2v) is 7.02. The molecule has 0 amide bonds. The Kier molecular flexibility index (Phi) is 3.63. The second kappa shape index (κ2) is 6.14. The molecule has 5 rings (SSSR count). The summed E-state index contributed by atoms with van der Waals surface area (Å²) in [6.45, 7) is 0. The summed E-state index contributed by atoms with van der Waals surface area (Å²) >= 11 is 1.39. The van der Waals surface area contributed by atoms with Crippen molar-refractivity contribution in [1.82, 2.24) is 29.7 Å². The van der Waals surface area contributed by atoms with E-state index in [-0.39, 0.29) is 5.82 Å². The minimum atomic E-state index is -0.354. The fourth-order valence-electron chi connectivity index (χ4n) is 2.90. The molecular formula is C18H13FN6S. The molecule has 26 heavy (non-hydrogen) atoms. The molecule has 8 heteroatoms. The summed E-state index contributed by atoms with van der Waals surface area (Å²) < 4.78 is 16.2. The number of halogens is 1. The average Bonchev–Trinajstić information content (AvgIpc) is 3.43. The van der Waals surface area contributed by atoms with Gasteiger partial charge in [-0.25, -0.2) is 14.4 Å². The molecule has 0 N–H and O–H groups in total. The molecule has 6 nitrogen and oxygen atoms in total. The lowest BCUT2D eigenvalue weighted by Gasteiger charge is -2.09. The number of benzene rings is 1. The molecular weight excluding hydrogens is 351 g/mol. The van der Waals surface area contributed by atoms with Crippen molar-refractivity contribution in [2.24, 2.45) is 0 Å². The highest BCUT2D eigenvalue weighted by Crippen LogP contribution is 2.42. The topological polar surface area (TPSA) is 69.4 Å². The number of hydrogen-bond acceptors (Lipinski definition) is 6. The molecule has 0 aliphatic heterocycles. The first kappa shape index (κ1) is 15.4. The normalized spacial score (nSPS) is 14.0. The highest BCUT2D eigenvalue weighted by atomic mass is 32.2. The van der Waals surface area contributed by atoms with Crippen LogP contribution in [0.15, 0.2) is 59.2 Å². The molecule has 0 saturated heterocycles. The van der Waals surface area contributed by atoms with E-state index in [0.29, 0.717) is 22.0 Å². The summed E-state index contributed by atoms with van der Waals surface area (Å²) in [6.07, 6.45) is 7.07. The number of nitrogens with zero attached hydrogens (tertiary/aromatic N) is 6. The van der Waals surface area contributed by atoms with E-state index in [1.165, 1.54) is 24.2 Å². The van der Waals surface area contributed by atoms with Crippen LogP contribution in [0.2, 0.25) is 0 Å². The van der Waals surface area contributed by atoms with Crippen LogP contribution in [0.5, 0.6) is 0 Å². The van der Waals surface area contributed by atoms with Crippen molar-refractivity contribution in [3.8, 4) is 11.4 Å². The molecule has 128 valence electrons. The fraction of sp³-hybridized carbons (Fsp3) is 0.167. The Hall–Kier alpha value is -2.87. The maximum absolute atomic E-state index is 14.0. The van der Waals surface area contributed by atoms with Crippen LogP contribution in [0.4, 0.5) is 4.39 Å². The van der Waals surface area contributed by atoms with Crippen molar-refractivity contribution in [2.75, 3.05) is 0 Å². The second-order valence-electron chi connectivity index (χ2n) is 6.06. The van der Waals surface area contributed by atoms with Crippen LogP contribution in [0.3, 0.4) is 0 Å². The molecule has 1 aliphatic carbocycles. The van der Waals surface area contributed by atoms with Crippen molar-refractivity contribution in [1.29, 1.82) is 0 Å². The number of rotatable bonds is 4. The lowest BCUT2D eigenvalue weighted by molar-refractivity contribution is 0.636. The lowest BCUT2D eigenvalue weighted by Crippen LogP contribution is -2.00. The molecule has 1 saturated carbocycles. The van der Waals surface area contributed by atoms with Gasteiger partial charge in [0, 0.05) is 29.4 Å². The van der Waals surface area contributed by atoms with Gasteiger partial charge in [-0.1, -0.05) is 6.07 Å². The van der Waals surface area contributed by atoms with Crippen molar-refractivity contribution >= 4 is 22.7 Å². The first-order valence-electron chi connectivity index (χ1n) is 8.23. The van der Waals surface area contributed by atoms with Crippen molar-refractivity contribution in [2.45, 2.75) is 29.1 Å². The Morgan fingerprint density at radius 2 is 1.88 bits per heavy atom. The predicted octanol–water partition coefficient (Wildman–Crippen LogP) is 3.91. The zero-order valence-corrected chi connectivity index (χ0v) is 14.4. The third-order valence-corrected chi connectivity index (χ3v) is 5.26. The molecule has 0 atom stereocenters. The van der Waals surface area contributed by atoms with Gasteiger partial charge in [-0.15, -0.1) is 10.2 Å². The molecule has 0 unspecified atom stereocenters. The number of aromatic nitrogens is 6. The Balaban J connectivity index is 1.60. The van der Waals surface area contributed by atoms with Gasteiger partial charge in [-0.2, -0.15) is 0 Å². The van der Waals surface area contributed by atoms with Gasteiger partial charge >= 0.3 is 0 Å². The number of hydrogen-bond donors (Lipinski definition) is 0. The molecule has 3 aromatic heterocycles. The average molecular weight is 364 g/mol. The van der Waals surface area contributed by atoms with Crippen LogP contribution in [0.25, 0.3) is 22.3 Å². The van der Waals surface area contributed by atoms with Crippen LogP contribution in [-0.2, 0) is 0 Å². The molecule has 0 spiro atoms.